The van der Waals surface area contributed by atoms with Crippen LogP contribution in [0.25, 0.3) is 0 Å². The van der Waals surface area contributed by atoms with Gasteiger partial charge in [0.05, 0.1) is 12.7 Å². The molecule has 2 rings (SSSR count). The van der Waals surface area contributed by atoms with Gasteiger partial charge in [-0.2, -0.15) is 0 Å². The number of hydrogen-bond acceptors (Lipinski definition) is 2. The predicted octanol–water partition coefficient (Wildman–Crippen LogP) is 2.21. The first kappa shape index (κ1) is 10.4. The van der Waals surface area contributed by atoms with Crippen molar-refractivity contribution < 1.29 is 9.84 Å². The molecule has 14 heavy (non-hydrogen) atoms. The van der Waals surface area contributed by atoms with E-state index >= 15 is 0 Å². The highest BCUT2D eigenvalue weighted by Gasteiger charge is 2.53. The van der Waals surface area contributed by atoms with Gasteiger partial charge in [0.15, 0.2) is 0 Å². The van der Waals surface area contributed by atoms with Crippen LogP contribution >= 0.6 is 0 Å². The monoisotopic (exact) mass is 198 g/mol. The van der Waals surface area contributed by atoms with Crippen LogP contribution in [0.15, 0.2) is 0 Å². The van der Waals surface area contributed by atoms with Crippen molar-refractivity contribution in [2.24, 2.45) is 17.8 Å². The summed E-state index contributed by atoms with van der Waals surface area (Å²) in [5, 5.41) is 9.92. The van der Waals surface area contributed by atoms with Gasteiger partial charge in [-0.15, -0.1) is 0 Å². The maximum absolute atomic E-state index is 9.92. The van der Waals surface area contributed by atoms with Crippen molar-refractivity contribution in [3.63, 3.8) is 0 Å². The average Bonchev–Trinajstić information content (AvgIpc) is 2.92. The fraction of sp³-hybridized carbons (Fsp3) is 1.00. The maximum Gasteiger partial charge on any atom is 0.0807 e. The molecule has 2 nitrogen and oxygen atoms in total. The van der Waals surface area contributed by atoms with Crippen LogP contribution in [0.4, 0.5) is 0 Å². The molecular formula is C12H22O2. The molecule has 3 atom stereocenters. The lowest BCUT2D eigenvalue weighted by Crippen LogP contribution is -2.19. The minimum Gasteiger partial charge on any atom is -0.390 e. The molecule has 0 bridgehead atoms. The topological polar surface area (TPSA) is 29.5 Å². The van der Waals surface area contributed by atoms with Gasteiger partial charge in [0.1, 0.15) is 0 Å². The highest BCUT2D eigenvalue weighted by atomic mass is 16.5. The molecule has 2 heteroatoms. The first-order valence-electron chi connectivity index (χ1n) is 6.10. The van der Waals surface area contributed by atoms with Gasteiger partial charge < -0.3 is 9.84 Å². The van der Waals surface area contributed by atoms with E-state index in [-0.39, 0.29) is 6.10 Å². The van der Waals surface area contributed by atoms with E-state index in [9.17, 15) is 5.11 Å². The molecule has 0 amide bonds. The molecular weight excluding hydrogens is 176 g/mol. The Morgan fingerprint density at radius 2 is 1.93 bits per heavy atom. The summed E-state index contributed by atoms with van der Waals surface area (Å²) in [6, 6.07) is 0. The van der Waals surface area contributed by atoms with Gasteiger partial charge in [-0.3, -0.25) is 0 Å². The summed E-state index contributed by atoms with van der Waals surface area (Å²) >= 11 is 0. The lowest BCUT2D eigenvalue weighted by atomic mass is 10.0. The van der Waals surface area contributed by atoms with Crippen molar-refractivity contribution in [1.29, 1.82) is 0 Å². The number of ether oxygens (including phenoxy) is 1. The Bertz CT molecular complexity index is 169. The summed E-state index contributed by atoms with van der Waals surface area (Å²) in [7, 11) is 0. The second-order valence-corrected chi connectivity index (χ2v) is 4.83. The summed E-state index contributed by atoms with van der Waals surface area (Å²) < 4.78 is 5.40. The lowest BCUT2D eigenvalue weighted by Gasteiger charge is -2.10. The molecule has 2 aliphatic carbocycles. The van der Waals surface area contributed by atoms with Crippen molar-refractivity contribution >= 4 is 0 Å². The van der Waals surface area contributed by atoms with E-state index in [1.807, 2.05) is 0 Å². The van der Waals surface area contributed by atoms with Crippen LogP contribution in [-0.2, 0) is 4.74 Å². The zero-order valence-corrected chi connectivity index (χ0v) is 9.11. The van der Waals surface area contributed by atoms with E-state index in [2.05, 4.69) is 6.92 Å². The van der Waals surface area contributed by atoms with Gasteiger partial charge in [0, 0.05) is 6.61 Å². The summed E-state index contributed by atoms with van der Waals surface area (Å²) in [4.78, 5) is 0. The third-order valence-corrected chi connectivity index (χ3v) is 3.80. The lowest BCUT2D eigenvalue weighted by molar-refractivity contribution is 0.0208. The quantitative estimate of drug-likeness (QED) is 0.686. The number of aliphatic hydroxyl groups is 1. The number of fused-ring (bicyclic) bond motifs is 1. The van der Waals surface area contributed by atoms with Crippen LogP contribution in [0.5, 0.6) is 0 Å². The third-order valence-electron chi connectivity index (χ3n) is 3.80. The van der Waals surface area contributed by atoms with Crippen LogP contribution in [0.1, 0.15) is 39.0 Å². The minimum atomic E-state index is -0.186. The van der Waals surface area contributed by atoms with Gasteiger partial charge in [-0.25, -0.2) is 0 Å². The van der Waals surface area contributed by atoms with Crippen LogP contribution in [-0.4, -0.2) is 24.4 Å². The van der Waals surface area contributed by atoms with Crippen molar-refractivity contribution in [2.45, 2.75) is 45.1 Å². The molecule has 0 saturated heterocycles. The van der Waals surface area contributed by atoms with E-state index in [0.29, 0.717) is 12.5 Å². The van der Waals surface area contributed by atoms with Crippen LogP contribution < -0.4 is 0 Å². The van der Waals surface area contributed by atoms with Crippen molar-refractivity contribution in [1.82, 2.24) is 0 Å². The van der Waals surface area contributed by atoms with E-state index < -0.39 is 0 Å². The maximum atomic E-state index is 9.92. The van der Waals surface area contributed by atoms with Gasteiger partial charge in [0.2, 0.25) is 0 Å². The first-order chi connectivity index (χ1) is 6.84. The highest BCUT2D eigenvalue weighted by molar-refractivity contribution is 5.02. The van der Waals surface area contributed by atoms with E-state index in [1.54, 1.807) is 0 Å². The van der Waals surface area contributed by atoms with Gasteiger partial charge in [0.25, 0.3) is 0 Å². The number of hydrogen-bond donors (Lipinski definition) is 1. The fourth-order valence-corrected chi connectivity index (χ4v) is 3.08. The van der Waals surface area contributed by atoms with Crippen molar-refractivity contribution in [3.05, 3.63) is 0 Å². The average molecular weight is 198 g/mol. The van der Waals surface area contributed by atoms with Crippen molar-refractivity contribution in [2.75, 3.05) is 13.2 Å². The second kappa shape index (κ2) is 4.63. The van der Waals surface area contributed by atoms with E-state index in [4.69, 9.17) is 4.74 Å². The summed E-state index contributed by atoms with van der Waals surface area (Å²) in [6.07, 6.45) is 6.31. The van der Waals surface area contributed by atoms with Crippen LogP contribution in [0, 0.1) is 17.8 Å². The fourth-order valence-electron chi connectivity index (χ4n) is 3.08. The molecule has 0 aromatic heterocycles. The van der Waals surface area contributed by atoms with Crippen molar-refractivity contribution in [3.8, 4) is 0 Å². The predicted molar refractivity (Wildman–Crippen MR) is 56.1 cm³/mol. The zero-order chi connectivity index (χ0) is 9.97. The van der Waals surface area contributed by atoms with E-state index in [0.717, 1.165) is 24.9 Å². The number of rotatable bonds is 5. The van der Waals surface area contributed by atoms with Crippen LogP contribution in [0.2, 0.25) is 0 Å². The van der Waals surface area contributed by atoms with Crippen LogP contribution in [0.3, 0.4) is 0 Å². The minimum absolute atomic E-state index is 0.186. The molecule has 82 valence electrons. The van der Waals surface area contributed by atoms with E-state index in [1.165, 1.54) is 25.7 Å². The Labute approximate surface area is 86.6 Å². The molecule has 3 unspecified atom stereocenters. The summed E-state index contributed by atoms with van der Waals surface area (Å²) in [5.74, 6) is 2.25. The first-order valence-corrected chi connectivity index (χ1v) is 6.10. The third kappa shape index (κ3) is 2.12. The molecule has 0 aromatic rings. The molecule has 2 fully saturated rings. The van der Waals surface area contributed by atoms with Gasteiger partial charge in [-0.1, -0.05) is 19.8 Å². The molecule has 2 saturated carbocycles. The Morgan fingerprint density at radius 3 is 2.50 bits per heavy atom. The molecule has 0 spiro atoms. The Kier molecular flexibility index (Phi) is 3.45. The van der Waals surface area contributed by atoms with Gasteiger partial charge in [-0.05, 0) is 37.0 Å². The molecule has 0 aromatic carbocycles. The molecule has 0 radical (unpaired) electrons. The standard InChI is InChI=1S/C12H22O2/c1-2-7-14-8-11(13)12-9-5-3-4-6-10(9)12/h9-13H,2-8H2,1H3. The Balaban J connectivity index is 1.69. The summed E-state index contributed by atoms with van der Waals surface area (Å²) in [5.41, 5.74) is 0. The molecule has 1 N–H and O–H groups in total. The Morgan fingerprint density at radius 1 is 1.29 bits per heavy atom. The Hall–Kier alpha value is -0.0800. The molecule has 0 heterocycles. The molecule has 0 aliphatic heterocycles. The number of aliphatic hydroxyl groups excluding tert-OH is 1. The summed E-state index contributed by atoms with van der Waals surface area (Å²) in [6.45, 7) is 3.45. The highest BCUT2D eigenvalue weighted by Crippen LogP contribution is 2.56. The smallest absolute Gasteiger partial charge is 0.0807 e. The molecule has 2 aliphatic rings. The van der Waals surface area contributed by atoms with Gasteiger partial charge >= 0.3 is 0 Å². The second-order valence-electron chi connectivity index (χ2n) is 4.83. The SMILES string of the molecule is CCCOCC(O)C1C2CCCCC21. The zero-order valence-electron chi connectivity index (χ0n) is 9.11. The largest absolute Gasteiger partial charge is 0.390 e. The normalized spacial score (nSPS) is 37.7.